The Labute approximate surface area is 88.8 Å². The fourth-order valence-electron chi connectivity index (χ4n) is 1.41. The van der Waals surface area contributed by atoms with Crippen molar-refractivity contribution in [2.75, 3.05) is 19.7 Å². The summed E-state index contributed by atoms with van der Waals surface area (Å²) in [6.07, 6.45) is 2.10. The lowest BCUT2D eigenvalue weighted by Gasteiger charge is -2.31. The second-order valence-corrected chi connectivity index (χ2v) is 4.05. The lowest BCUT2D eigenvalue weighted by atomic mass is 10.3. The van der Waals surface area contributed by atoms with Crippen LogP contribution in [0, 0.1) is 11.3 Å². The van der Waals surface area contributed by atoms with Crippen molar-refractivity contribution < 1.29 is 4.74 Å². The fraction of sp³-hybridized carbons (Fsp3) is 0.778. The molecule has 2 rings (SSSR count). The molecule has 0 radical (unpaired) electrons. The molecule has 1 N–H and O–H groups in total. The highest BCUT2D eigenvalue weighted by molar-refractivity contribution is 7.80. The number of thiocarbonyl (C=S) groups is 1. The first kappa shape index (κ1) is 9.69. The number of hydrogen-bond donors (Lipinski definition) is 1. The maximum absolute atomic E-state index is 8.72. The summed E-state index contributed by atoms with van der Waals surface area (Å²) in [7, 11) is 0. The Hall–Kier alpha value is -0.860. The molecule has 2 fully saturated rings. The van der Waals surface area contributed by atoms with Gasteiger partial charge in [-0.3, -0.25) is 0 Å². The van der Waals surface area contributed by atoms with Crippen LogP contribution in [0.25, 0.3) is 0 Å². The van der Waals surface area contributed by atoms with E-state index in [0.717, 1.165) is 11.7 Å². The summed E-state index contributed by atoms with van der Waals surface area (Å²) in [5.74, 6) is 0. The van der Waals surface area contributed by atoms with Gasteiger partial charge in [0, 0.05) is 12.6 Å². The molecule has 1 atom stereocenters. The summed E-state index contributed by atoms with van der Waals surface area (Å²) in [4.78, 5) is 2.02. The highest BCUT2D eigenvalue weighted by Crippen LogP contribution is 2.19. The first-order chi connectivity index (χ1) is 6.79. The van der Waals surface area contributed by atoms with E-state index in [1.807, 2.05) is 4.90 Å². The molecule has 5 heteroatoms. The van der Waals surface area contributed by atoms with Crippen molar-refractivity contribution in [2.45, 2.75) is 25.0 Å². The molecule has 1 unspecified atom stereocenters. The molecule has 1 saturated carbocycles. The van der Waals surface area contributed by atoms with E-state index < -0.39 is 0 Å². The minimum Gasteiger partial charge on any atom is -0.360 e. The van der Waals surface area contributed by atoms with Gasteiger partial charge >= 0.3 is 0 Å². The van der Waals surface area contributed by atoms with Gasteiger partial charge in [0.15, 0.2) is 11.2 Å². The van der Waals surface area contributed by atoms with E-state index in [0.29, 0.717) is 19.2 Å². The number of nitrogens with one attached hydrogen (secondary N) is 1. The predicted octanol–water partition coefficient (Wildman–Crippen LogP) is 0.248. The van der Waals surface area contributed by atoms with Gasteiger partial charge < -0.3 is 15.0 Å². The molecule has 1 saturated heterocycles. The van der Waals surface area contributed by atoms with Crippen molar-refractivity contribution in [3.63, 3.8) is 0 Å². The van der Waals surface area contributed by atoms with Crippen LogP contribution in [0.5, 0.6) is 0 Å². The molecular weight excluding hydrogens is 198 g/mol. The molecule has 14 heavy (non-hydrogen) atoms. The lowest BCUT2D eigenvalue weighted by molar-refractivity contribution is 0.0262. The number of rotatable bonds is 1. The van der Waals surface area contributed by atoms with Crippen molar-refractivity contribution in [2.24, 2.45) is 0 Å². The van der Waals surface area contributed by atoms with Crippen molar-refractivity contribution in [3.8, 4) is 6.07 Å². The summed E-state index contributed by atoms with van der Waals surface area (Å²) in [5.41, 5.74) is 0. The number of ether oxygens (including phenoxy) is 1. The molecule has 0 aromatic carbocycles. The minimum atomic E-state index is -0.331. The third-order valence-corrected chi connectivity index (χ3v) is 2.78. The normalized spacial score (nSPS) is 26.8. The van der Waals surface area contributed by atoms with Crippen LogP contribution in [0.3, 0.4) is 0 Å². The summed E-state index contributed by atoms with van der Waals surface area (Å²) in [5, 5.41) is 12.8. The molecule has 0 bridgehead atoms. The van der Waals surface area contributed by atoms with Gasteiger partial charge in [0.2, 0.25) is 0 Å². The standard InChI is InChI=1S/C9H13N3OS/c10-5-8-6-12(3-4-13-8)9(14)11-7-1-2-7/h7-8H,1-4,6H2,(H,11,14). The maximum atomic E-state index is 8.72. The molecule has 2 aliphatic rings. The molecule has 1 aliphatic heterocycles. The molecule has 0 spiro atoms. The van der Waals surface area contributed by atoms with Gasteiger partial charge in [0.05, 0.1) is 19.2 Å². The molecule has 0 aromatic heterocycles. The topological polar surface area (TPSA) is 48.3 Å². The van der Waals surface area contributed by atoms with Gasteiger partial charge in [-0.2, -0.15) is 5.26 Å². The van der Waals surface area contributed by atoms with Gasteiger partial charge in [0.1, 0.15) is 0 Å². The largest absolute Gasteiger partial charge is 0.360 e. The Morgan fingerprint density at radius 1 is 1.57 bits per heavy atom. The Kier molecular flexibility index (Phi) is 2.85. The summed E-state index contributed by atoms with van der Waals surface area (Å²) in [6.45, 7) is 1.97. The zero-order chi connectivity index (χ0) is 9.97. The molecular formula is C9H13N3OS. The second-order valence-electron chi connectivity index (χ2n) is 3.66. The average Bonchev–Trinajstić information content (AvgIpc) is 3.02. The van der Waals surface area contributed by atoms with Gasteiger partial charge in [-0.15, -0.1) is 0 Å². The van der Waals surface area contributed by atoms with Gasteiger partial charge in [-0.25, -0.2) is 0 Å². The third kappa shape index (κ3) is 2.34. The second kappa shape index (κ2) is 4.11. The van der Waals surface area contributed by atoms with Crippen LogP contribution in [-0.4, -0.2) is 41.9 Å². The Morgan fingerprint density at radius 3 is 3.00 bits per heavy atom. The SMILES string of the molecule is N#CC1CN(C(=S)NC2CC2)CCO1. The molecule has 1 heterocycles. The lowest BCUT2D eigenvalue weighted by Crippen LogP contribution is -2.49. The quantitative estimate of drug-likeness (QED) is 0.630. The first-order valence-electron chi connectivity index (χ1n) is 4.86. The Morgan fingerprint density at radius 2 is 2.36 bits per heavy atom. The average molecular weight is 211 g/mol. The van der Waals surface area contributed by atoms with E-state index in [4.69, 9.17) is 22.2 Å². The zero-order valence-electron chi connectivity index (χ0n) is 7.90. The summed E-state index contributed by atoms with van der Waals surface area (Å²) in [6, 6.07) is 2.68. The highest BCUT2D eigenvalue weighted by Gasteiger charge is 2.26. The van der Waals surface area contributed by atoms with Crippen LogP contribution in [0.1, 0.15) is 12.8 Å². The maximum Gasteiger partial charge on any atom is 0.169 e. The van der Waals surface area contributed by atoms with Gasteiger partial charge in [-0.1, -0.05) is 0 Å². The Balaban J connectivity index is 1.83. The zero-order valence-corrected chi connectivity index (χ0v) is 8.72. The molecule has 4 nitrogen and oxygen atoms in total. The predicted molar refractivity (Wildman–Crippen MR) is 55.7 cm³/mol. The van der Waals surface area contributed by atoms with Crippen LogP contribution in [0.4, 0.5) is 0 Å². The molecule has 0 amide bonds. The van der Waals surface area contributed by atoms with Crippen molar-refractivity contribution >= 4 is 17.3 Å². The Bertz CT molecular complexity index is 272. The van der Waals surface area contributed by atoms with Crippen LogP contribution < -0.4 is 5.32 Å². The van der Waals surface area contributed by atoms with Crippen LogP contribution in [-0.2, 0) is 4.74 Å². The van der Waals surface area contributed by atoms with E-state index in [-0.39, 0.29) is 6.10 Å². The van der Waals surface area contributed by atoms with E-state index in [1.54, 1.807) is 0 Å². The van der Waals surface area contributed by atoms with E-state index in [1.165, 1.54) is 12.8 Å². The van der Waals surface area contributed by atoms with E-state index in [9.17, 15) is 0 Å². The van der Waals surface area contributed by atoms with Crippen LogP contribution in [0.15, 0.2) is 0 Å². The highest BCUT2D eigenvalue weighted by atomic mass is 32.1. The smallest absolute Gasteiger partial charge is 0.169 e. The number of morpholine rings is 1. The minimum absolute atomic E-state index is 0.331. The number of nitrogens with zero attached hydrogens (tertiary/aromatic N) is 2. The summed E-state index contributed by atoms with van der Waals surface area (Å²) < 4.78 is 5.24. The summed E-state index contributed by atoms with van der Waals surface area (Å²) >= 11 is 5.24. The van der Waals surface area contributed by atoms with Crippen LogP contribution in [0.2, 0.25) is 0 Å². The van der Waals surface area contributed by atoms with Crippen molar-refractivity contribution in [1.82, 2.24) is 10.2 Å². The third-order valence-electron chi connectivity index (χ3n) is 2.40. The van der Waals surface area contributed by atoms with Crippen LogP contribution >= 0.6 is 12.2 Å². The van der Waals surface area contributed by atoms with Gasteiger partial charge in [0.25, 0.3) is 0 Å². The number of hydrogen-bond acceptors (Lipinski definition) is 3. The monoisotopic (exact) mass is 211 g/mol. The van der Waals surface area contributed by atoms with E-state index in [2.05, 4.69) is 11.4 Å². The first-order valence-corrected chi connectivity index (χ1v) is 5.27. The van der Waals surface area contributed by atoms with Crippen molar-refractivity contribution in [1.29, 1.82) is 5.26 Å². The van der Waals surface area contributed by atoms with Crippen molar-refractivity contribution in [3.05, 3.63) is 0 Å². The fourth-order valence-corrected chi connectivity index (χ4v) is 1.74. The number of nitriles is 1. The van der Waals surface area contributed by atoms with Gasteiger partial charge in [-0.05, 0) is 25.1 Å². The molecule has 1 aliphatic carbocycles. The molecule has 0 aromatic rings. The van der Waals surface area contributed by atoms with E-state index >= 15 is 0 Å². The molecule has 76 valence electrons.